The maximum Gasteiger partial charge on any atom is 0.293 e. The molecule has 3 aromatic rings. The van der Waals surface area contributed by atoms with Gasteiger partial charge >= 0.3 is 0 Å². The number of nitro groups is 1. The highest BCUT2D eigenvalue weighted by Gasteiger charge is 2.24. The first kappa shape index (κ1) is 20.5. The summed E-state index contributed by atoms with van der Waals surface area (Å²) in [5, 5.41) is 18.8. The molecular formula is C21H22N6O4. The van der Waals surface area contributed by atoms with E-state index in [0.29, 0.717) is 38.5 Å². The molecule has 4 rings (SSSR count). The number of carbonyl (C=O) groups is 1. The van der Waals surface area contributed by atoms with Crippen molar-refractivity contribution in [2.75, 3.05) is 31.2 Å². The van der Waals surface area contributed by atoms with Crippen LogP contribution in [-0.2, 0) is 11.3 Å². The predicted molar refractivity (Wildman–Crippen MR) is 113 cm³/mol. The average molecular weight is 422 g/mol. The zero-order chi connectivity index (χ0) is 21.6. The molecule has 1 atom stereocenters. The first-order valence-electron chi connectivity index (χ1n) is 9.91. The summed E-state index contributed by atoms with van der Waals surface area (Å²) in [5.74, 6) is -0.398. The van der Waals surface area contributed by atoms with Gasteiger partial charge in [0.25, 0.3) is 11.6 Å². The van der Waals surface area contributed by atoms with Crippen molar-refractivity contribution >= 4 is 17.3 Å². The molecule has 1 N–H and O–H groups in total. The number of carbonyl (C=O) groups excluding carboxylic acids is 1. The van der Waals surface area contributed by atoms with E-state index in [1.54, 1.807) is 23.1 Å². The maximum absolute atomic E-state index is 13.0. The molecule has 1 aliphatic heterocycles. The standard InChI is InChI=1S/C21H22N6O4/c28-21(24-18(13-26-15-22-14-23-26)16-4-2-1-3-5-16)17-6-7-19(20(12-17)27(29)30)25-8-10-31-11-9-25/h1-7,12,14-15,18H,8-11,13H2,(H,24,28). The highest BCUT2D eigenvalue weighted by Crippen LogP contribution is 2.30. The zero-order valence-electron chi connectivity index (χ0n) is 16.8. The molecule has 2 heterocycles. The number of nitrogens with zero attached hydrogens (tertiary/aromatic N) is 5. The number of hydrogen-bond donors (Lipinski definition) is 1. The van der Waals surface area contributed by atoms with Gasteiger partial charge in [-0.3, -0.25) is 19.6 Å². The third-order valence-corrected chi connectivity index (χ3v) is 5.13. The summed E-state index contributed by atoms with van der Waals surface area (Å²) in [5.41, 5.74) is 1.52. The molecule has 1 saturated heterocycles. The molecule has 0 spiro atoms. The maximum atomic E-state index is 13.0. The Morgan fingerprint density at radius 1 is 1.19 bits per heavy atom. The van der Waals surface area contributed by atoms with Gasteiger partial charge in [0.15, 0.2) is 0 Å². The summed E-state index contributed by atoms with van der Waals surface area (Å²) in [6.45, 7) is 2.55. The van der Waals surface area contributed by atoms with Crippen LogP contribution in [0.4, 0.5) is 11.4 Å². The minimum atomic E-state index is -0.453. The molecule has 1 amide bonds. The Labute approximate surface area is 178 Å². The lowest BCUT2D eigenvalue weighted by molar-refractivity contribution is -0.384. The topological polar surface area (TPSA) is 115 Å². The fraction of sp³-hybridized carbons (Fsp3) is 0.286. The number of morpholine rings is 1. The Morgan fingerprint density at radius 2 is 1.97 bits per heavy atom. The quantitative estimate of drug-likeness (QED) is 0.458. The van der Waals surface area contributed by atoms with Gasteiger partial charge in [0, 0.05) is 24.7 Å². The van der Waals surface area contributed by atoms with Crippen LogP contribution in [0.5, 0.6) is 0 Å². The van der Waals surface area contributed by atoms with Crippen LogP contribution in [0.2, 0.25) is 0 Å². The first-order valence-corrected chi connectivity index (χ1v) is 9.91. The number of amides is 1. The second-order valence-electron chi connectivity index (χ2n) is 7.11. The van der Waals surface area contributed by atoms with Crippen molar-refractivity contribution in [3.05, 3.63) is 82.4 Å². The van der Waals surface area contributed by atoms with Gasteiger partial charge in [-0.25, -0.2) is 4.98 Å². The number of hydrogen-bond acceptors (Lipinski definition) is 7. The second kappa shape index (κ2) is 9.35. The van der Waals surface area contributed by atoms with Crippen LogP contribution < -0.4 is 10.2 Å². The predicted octanol–water partition coefficient (Wildman–Crippen LogP) is 2.19. The zero-order valence-corrected chi connectivity index (χ0v) is 16.8. The number of benzene rings is 2. The van der Waals surface area contributed by atoms with Crippen molar-refractivity contribution in [1.82, 2.24) is 20.1 Å². The molecule has 160 valence electrons. The van der Waals surface area contributed by atoms with E-state index in [4.69, 9.17) is 4.74 Å². The molecule has 10 heteroatoms. The third-order valence-electron chi connectivity index (χ3n) is 5.13. The molecule has 1 aromatic heterocycles. The largest absolute Gasteiger partial charge is 0.378 e. The molecule has 1 unspecified atom stereocenters. The van der Waals surface area contributed by atoms with Crippen LogP contribution in [0.3, 0.4) is 0 Å². The second-order valence-corrected chi connectivity index (χ2v) is 7.11. The number of nitro benzene ring substituents is 1. The fourth-order valence-electron chi connectivity index (χ4n) is 3.56. The summed E-state index contributed by atoms with van der Waals surface area (Å²) in [6.07, 6.45) is 3.00. The van der Waals surface area contributed by atoms with Gasteiger partial charge in [-0.2, -0.15) is 5.10 Å². The highest BCUT2D eigenvalue weighted by molar-refractivity contribution is 5.96. The van der Waals surface area contributed by atoms with Gasteiger partial charge in [0.1, 0.15) is 18.3 Å². The van der Waals surface area contributed by atoms with Gasteiger partial charge in [-0.15, -0.1) is 0 Å². The number of nitrogens with one attached hydrogen (secondary N) is 1. The van der Waals surface area contributed by atoms with Crippen LogP contribution >= 0.6 is 0 Å². The van der Waals surface area contributed by atoms with Crippen molar-refractivity contribution < 1.29 is 14.5 Å². The normalized spacial score (nSPS) is 14.8. The smallest absolute Gasteiger partial charge is 0.293 e. The lowest BCUT2D eigenvalue weighted by atomic mass is 10.1. The minimum Gasteiger partial charge on any atom is -0.378 e. The Hall–Kier alpha value is -3.79. The summed E-state index contributed by atoms with van der Waals surface area (Å²) in [6, 6.07) is 13.7. The molecular weight excluding hydrogens is 400 g/mol. The summed E-state index contributed by atoms with van der Waals surface area (Å²) in [4.78, 5) is 30.1. The summed E-state index contributed by atoms with van der Waals surface area (Å²) >= 11 is 0. The number of ether oxygens (including phenoxy) is 1. The van der Waals surface area contributed by atoms with Gasteiger partial charge in [-0.05, 0) is 17.7 Å². The van der Waals surface area contributed by atoms with E-state index in [1.807, 2.05) is 35.2 Å². The Kier molecular flexibility index (Phi) is 6.18. The Balaban J connectivity index is 1.58. The molecule has 1 aliphatic rings. The molecule has 1 fully saturated rings. The monoisotopic (exact) mass is 422 g/mol. The van der Waals surface area contributed by atoms with Gasteiger partial charge in [0.05, 0.1) is 30.7 Å². The average Bonchev–Trinajstić information content (AvgIpc) is 3.32. The van der Waals surface area contributed by atoms with E-state index in [0.717, 1.165) is 5.56 Å². The molecule has 0 bridgehead atoms. The fourth-order valence-corrected chi connectivity index (χ4v) is 3.56. The lowest BCUT2D eigenvalue weighted by Crippen LogP contribution is -2.36. The SMILES string of the molecule is O=C(NC(Cn1cncn1)c1ccccc1)c1ccc(N2CCOCC2)c([N+](=O)[O-])c1. The third kappa shape index (κ3) is 4.86. The highest BCUT2D eigenvalue weighted by atomic mass is 16.6. The molecule has 31 heavy (non-hydrogen) atoms. The van der Waals surface area contributed by atoms with Crippen LogP contribution in [0, 0.1) is 10.1 Å². The van der Waals surface area contributed by atoms with Crippen molar-refractivity contribution in [2.45, 2.75) is 12.6 Å². The number of aromatic nitrogens is 3. The van der Waals surface area contributed by atoms with Gasteiger partial charge in [0.2, 0.25) is 0 Å². The van der Waals surface area contributed by atoms with E-state index in [-0.39, 0.29) is 17.3 Å². The summed E-state index contributed by atoms with van der Waals surface area (Å²) < 4.78 is 6.95. The van der Waals surface area contributed by atoms with E-state index in [1.165, 1.54) is 12.4 Å². The Bertz CT molecular complexity index is 1040. The van der Waals surface area contributed by atoms with Crippen molar-refractivity contribution in [3.8, 4) is 0 Å². The van der Waals surface area contributed by atoms with E-state index >= 15 is 0 Å². The first-order chi connectivity index (χ1) is 15.1. The van der Waals surface area contributed by atoms with E-state index in [9.17, 15) is 14.9 Å². The van der Waals surface area contributed by atoms with E-state index in [2.05, 4.69) is 15.4 Å². The molecule has 10 nitrogen and oxygen atoms in total. The molecule has 0 radical (unpaired) electrons. The molecule has 0 aliphatic carbocycles. The summed E-state index contributed by atoms with van der Waals surface area (Å²) in [7, 11) is 0. The molecule has 0 saturated carbocycles. The van der Waals surface area contributed by atoms with Crippen LogP contribution in [0.25, 0.3) is 0 Å². The van der Waals surface area contributed by atoms with Gasteiger partial charge in [-0.1, -0.05) is 30.3 Å². The lowest BCUT2D eigenvalue weighted by Gasteiger charge is -2.28. The molecule has 2 aromatic carbocycles. The van der Waals surface area contributed by atoms with Crippen molar-refractivity contribution in [3.63, 3.8) is 0 Å². The van der Waals surface area contributed by atoms with Crippen molar-refractivity contribution in [1.29, 1.82) is 0 Å². The number of anilines is 1. The number of rotatable bonds is 7. The Morgan fingerprint density at radius 3 is 2.65 bits per heavy atom. The minimum absolute atomic E-state index is 0.0953. The van der Waals surface area contributed by atoms with Crippen molar-refractivity contribution in [2.24, 2.45) is 0 Å². The van der Waals surface area contributed by atoms with Gasteiger partial charge < -0.3 is 15.0 Å². The van der Waals surface area contributed by atoms with Crippen LogP contribution in [0.15, 0.2) is 61.2 Å². The van der Waals surface area contributed by atoms with Crippen LogP contribution in [0.1, 0.15) is 22.0 Å². The van der Waals surface area contributed by atoms with Crippen LogP contribution in [-0.4, -0.2) is 51.9 Å². The van der Waals surface area contributed by atoms with E-state index < -0.39 is 10.8 Å².